The maximum atomic E-state index is 12.7. The Hall–Kier alpha value is -1.61. The second-order valence-corrected chi connectivity index (χ2v) is 5.92. The van der Waals surface area contributed by atoms with Gasteiger partial charge in [-0.15, -0.1) is 0 Å². The molecule has 1 aliphatic rings. The van der Waals surface area contributed by atoms with E-state index in [1.165, 1.54) is 19.3 Å². The number of hydrogen-bond donors (Lipinski definition) is 1. The van der Waals surface area contributed by atoms with Gasteiger partial charge in [-0.2, -0.15) is 0 Å². The largest absolute Gasteiger partial charge is 0.358 e. The Balaban J connectivity index is 2.00. The van der Waals surface area contributed by atoms with Crippen LogP contribution in [0.5, 0.6) is 0 Å². The van der Waals surface area contributed by atoms with Crippen LogP contribution >= 0.6 is 0 Å². The van der Waals surface area contributed by atoms with Crippen LogP contribution in [0.25, 0.3) is 10.9 Å². The number of hydrogen-bond acceptors (Lipinski definition) is 2. The molecule has 1 aliphatic heterocycles. The molecule has 0 bridgehead atoms. The van der Waals surface area contributed by atoms with Crippen molar-refractivity contribution in [3.05, 3.63) is 45.7 Å². The summed E-state index contributed by atoms with van der Waals surface area (Å²) in [6.07, 6.45) is 3.80. The first kappa shape index (κ1) is 13.4. The lowest BCUT2D eigenvalue weighted by Gasteiger charge is -2.33. The molecule has 1 fully saturated rings. The van der Waals surface area contributed by atoms with E-state index in [4.69, 9.17) is 0 Å². The number of nitrogens with zero attached hydrogens (tertiary/aromatic N) is 1. The fourth-order valence-electron chi connectivity index (χ4n) is 3.19. The smallest absolute Gasteiger partial charge is 0.194 e. The molecule has 1 saturated heterocycles. The number of fused-ring (bicyclic) bond motifs is 1. The van der Waals surface area contributed by atoms with Gasteiger partial charge in [-0.05, 0) is 45.4 Å². The van der Waals surface area contributed by atoms with Gasteiger partial charge in [-0.3, -0.25) is 9.69 Å². The van der Waals surface area contributed by atoms with Crippen LogP contribution in [0.15, 0.2) is 29.1 Å². The van der Waals surface area contributed by atoms with Crippen molar-refractivity contribution in [2.45, 2.75) is 45.7 Å². The number of aromatic amines is 1. The Kier molecular flexibility index (Phi) is 3.62. The van der Waals surface area contributed by atoms with Gasteiger partial charge in [0.15, 0.2) is 5.43 Å². The first-order chi connectivity index (χ1) is 9.66. The minimum Gasteiger partial charge on any atom is -0.358 e. The SMILES string of the molecule is Cc1[nH]c2ccccc2c(=O)c1CN1CCCC[C@@H]1C. The van der Waals surface area contributed by atoms with Crippen molar-refractivity contribution in [3.63, 3.8) is 0 Å². The number of aryl methyl sites for hydroxylation is 1. The van der Waals surface area contributed by atoms with Gasteiger partial charge in [0.1, 0.15) is 0 Å². The first-order valence-electron chi connectivity index (χ1n) is 7.51. The monoisotopic (exact) mass is 270 g/mol. The van der Waals surface area contributed by atoms with E-state index < -0.39 is 0 Å². The second-order valence-electron chi connectivity index (χ2n) is 5.92. The topological polar surface area (TPSA) is 36.1 Å². The standard InChI is InChI=1S/C17H22N2O/c1-12-7-5-6-10-19(12)11-15-13(2)18-16-9-4-3-8-14(16)17(15)20/h3-4,8-9,12H,5-7,10-11H2,1-2H3,(H,18,20)/t12-/m0/s1. The predicted molar refractivity (Wildman–Crippen MR) is 83.0 cm³/mol. The number of rotatable bonds is 2. The van der Waals surface area contributed by atoms with E-state index >= 15 is 0 Å². The third kappa shape index (κ3) is 2.38. The fourth-order valence-corrected chi connectivity index (χ4v) is 3.19. The molecule has 0 radical (unpaired) electrons. The molecule has 20 heavy (non-hydrogen) atoms. The molecule has 0 amide bonds. The number of H-pyrrole nitrogens is 1. The van der Waals surface area contributed by atoms with E-state index in [1.807, 2.05) is 31.2 Å². The number of piperidine rings is 1. The van der Waals surface area contributed by atoms with Crippen molar-refractivity contribution in [2.24, 2.45) is 0 Å². The van der Waals surface area contributed by atoms with Crippen molar-refractivity contribution < 1.29 is 0 Å². The molecule has 0 aliphatic carbocycles. The maximum absolute atomic E-state index is 12.7. The molecule has 0 spiro atoms. The zero-order valence-electron chi connectivity index (χ0n) is 12.3. The molecule has 2 heterocycles. The normalized spacial score (nSPS) is 20.4. The van der Waals surface area contributed by atoms with Crippen LogP contribution in [0.4, 0.5) is 0 Å². The second kappa shape index (κ2) is 5.41. The molecular formula is C17H22N2O. The Morgan fingerprint density at radius 3 is 2.90 bits per heavy atom. The molecule has 106 valence electrons. The maximum Gasteiger partial charge on any atom is 0.194 e. The van der Waals surface area contributed by atoms with Gasteiger partial charge in [0.25, 0.3) is 0 Å². The van der Waals surface area contributed by atoms with Crippen LogP contribution in [0, 0.1) is 6.92 Å². The zero-order chi connectivity index (χ0) is 14.1. The van der Waals surface area contributed by atoms with Crippen LogP contribution in [0.1, 0.15) is 37.4 Å². The minimum absolute atomic E-state index is 0.189. The Bertz CT molecular complexity index is 674. The van der Waals surface area contributed by atoms with Gasteiger partial charge in [0, 0.05) is 34.7 Å². The molecule has 1 atom stereocenters. The lowest BCUT2D eigenvalue weighted by atomic mass is 10.0. The molecule has 3 nitrogen and oxygen atoms in total. The zero-order valence-corrected chi connectivity index (χ0v) is 12.3. The molecule has 0 unspecified atom stereocenters. The molecular weight excluding hydrogens is 248 g/mol. The highest BCUT2D eigenvalue weighted by Crippen LogP contribution is 2.20. The summed E-state index contributed by atoms with van der Waals surface area (Å²) in [5.74, 6) is 0. The third-order valence-corrected chi connectivity index (χ3v) is 4.52. The Morgan fingerprint density at radius 1 is 1.30 bits per heavy atom. The summed E-state index contributed by atoms with van der Waals surface area (Å²) in [5, 5.41) is 0.803. The fraction of sp³-hybridized carbons (Fsp3) is 0.471. The van der Waals surface area contributed by atoms with E-state index in [-0.39, 0.29) is 5.43 Å². The molecule has 1 N–H and O–H groups in total. The lowest BCUT2D eigenvalue weighted by Crippen LogP contribution is -2.38. The summed E-state index contributed by atoms with van der Waals surface area (Å²) >= 11 is 0. The highest BCUT2D eigenvalue weighted by Gasteiger charge is 2.20. The van der Waals surface area contributed by atoms with Crippen LogP contribution in [0.3, 0.4) is 0 Å². The number of para-hydroxylation sites is 1. The van der Waals surface area contributed by atoms with Crippen molar-refractivity contribution in [3.8, 4) is 0 Å². The average molecular weight is 270 g/mol. The minimum atomic E-state index is 0.189. The molecule has 0 saturated carbocycles. The highest BCUT2D eigenvalue weighted by molar-refractivity contribution is 5.79. The number of nitrogens with one attached hydrogen (secondary N) is 1. The molecule has 1 aromatic heterocycles. The summed E-state index contributed by atoms with van der Waals surface area (Å²) < 4.78 is 0. The van der Waals surface area contributed by atoms with E-state index in [9.17, 15) is 4.79 Å². The molecule has 3 heteroatoms. The van der Waals surface area contributed by atoms with E-state index in [1.54, 1.807) is 0 Å². The van der Waals surface area contributed by atoms with Gasteiger partial charge in [-0.25, -0.2) is 0 Å². The Labute approximate surface area is 119 Å². The van der Waals surface area contributed by atoms with Crippen molar-refractivity contribution >= 4 is 10.9 Å². The van der Waals surface area contributed by atoms with Crippen molar-refractivity contribution in [1.29, 1.82) is 0 Å². The average Bonchev–Trinajstić information content (AvgIpc) is 2.45. The highest BCUT2D eigenvalue weighted by atomic mass is 16.1. The number of benzene rings is 1. The number of aromatic nitrogens is 1. The van der Waals surface area contributed by atoms with Crippen LogP contribution in [-0.4, -0.2) is 22.5 Å². The summed E-state index contributed by atoms with van der Waals surface area (Å²) in [4.78, 5) is 18.5. The van der Waals surface area contributed by atoms with Crippen LogP contribution < -0.4 is 5.43 Å². The summed E-state index contributed by atoms with van der Waals surface area (Å²) in [5.41, 5.74) is 3.06. The summed E-state index contributed by atoms with van der Waals surface area (Å²) in [6.45, 7) is 6.15. The number of likely N-dealkylation sites (tertiary alicyclic amines) is 1. The summed E-state index contributed by atoms with van der Waals surface area (Å²) in [6, 6.07) is 8.35. The molecule has 3 rings (SSSR count). The molecule has 2 aromatic rings. The van der Waals surface area contributed by atoms with E-state index in [0.717, 1.165) is 35.2 Å². The van der Waals surface area contributed by atoms with Crippen LogP contribution in [0.2, 0.25) is 0 Å². The van der Waals surface area contributed by atoms with Crippen molar-refractivity contribution in [1.82, 2.24) is 9.88 Å². The van der Waals surface area contributed by atoms with Crippen LogP contribution in [-0.2, 0) is 6.54 Å². The predicted octanol–water partition coefficient (Wildman–Crippen LogP) is 3.21. The van der Waals surface area contributed by atoms with E-state index in [0.29, 0.717) is 6.04 Å². The summed E-state index contributed by atoms with van der Waals surface area (Å²) in [7, 11) is 0. The molecule has 1 aromatic carbocycles. The van der Waals surface area contributed by atoms with Gasteiger partial charge in [-0.1, -0.05) is 18.6 Å². The number of pyridine rings is 1. The third-order valence-electron chi connectivity index (χ3n) is 4.52. The quantitative estimate of drug-likeness (QED) is 0.909. The first-order valence-corrected chi connectivity index (χ1v) is 7.51. The van der Waals surface area contributed by atoms with Gasteiger partial charge in [0.05, 0.1) is 0 Å². The van der Waals surface area contributed by atoms with E-state index in [2.05, 4.69) is 16.8 Å². The van der Waals surface area contributed by atoms with Gasteiger partial charge < -0.3 is 4.98 Å². The lowest BCUT2D eigenvalue weighted by molar-refractivity contribution is 0.152. The van der Waals surface area contributed by atoms with Gasteiger partial charge >= 0.3 is 0 Å². The van der Waals surface area contributed by atoms with Gasteiger partial charge in [0.2, 0.25) is 0 Å². The van der Waals surface area contributed by atoms with Crippen molar-refractivity contribution in [2.75, 3.05) is 6.54 Å². The Morgan fingerprint density at radius 2 is 2.10 bits per heavy atom.